The van der Waals surface area contributed by atoms with Crippen molar-refractivity contribution in [2.45, 2.75) is 35.6 Å². The van der Waals surface area contributed by atoms with Crippen LogP contribution in [0.1, 0.15) is 18.4 Å². The highest BCUT2D eigenvalue weighted by atomic mass is 32.3. The van der Waals surface area contributed by atoms with Crippen molar-refractivity contribution in [2.75, 3.05) is 0 Å². The molecule has 0 unspecified atom stereocenters. The predicted octanol–water partition coefficient (Wildman–Crippen LogP) is 5.09. The molecule has 2 aromatic carbocycles. The molecule has 0 aliphatic carbocycles. The summed E-state index contributed by atoms with van der Waals surface area (Å²) in [6.45, 7) is 0.686. The van der Waals surface area contributed by atoms with Crippen LogP contribution < -0.4 is 0 Å². The Kier molecular flexibility index (Phi) is 5.56. The van der Waals surface area contributed by atoms with Crippen LogP contribution in [-0.2, 0) is 13.0 Å². The van der Waals surface area contributed by atoms with Crippen molar-refractivity contribution >= 4 is 10.6 Å². The summed E-state index contributed by atoms with van der Waals surface area (Å²) in [5.41, 5.74) is 1.30. The topological polar surface area (TPSA) is 85.9 Å². The molecule has 0 aliphatic heterocycles. The molecule has 1 heterocycles. The minimum atomic E-state index is -3.32. The van der Waals surface area contributed by atoms with Gasteiger partial charge in [-0.05, 0) is 49.1 Å². The number of hydrogen-bond acceptors (Lipinski definition) is 4. The van der Waals surface area contributed by atoms with Crippen molar-refractivity contribution in [3.63, 3.8) is 0 Å². The SMILES string of the molecule is Oc1ccc(S(O)(O)c2cn(CCCCc3ccccc3)cc2O)cc1. The van der Waals surface area contributed by atoms with E-state index in [1.54, 1.807) is 10.8 Å². The highest BCUT2D eigenvalue weighted by Crippen LogP contribution is 2.58. The van der Waals surface area contributed by atoms with Gasteiger partial charge in [0.2, 0.25) is 0 Å². The number of nitrogens with zero attached hydrogens (tertiary/aromatic N) is 1. The number of unbranched alkanes of at least 4 members (excludes halogenated alkanes) is 1. The first-order valence-corrected chi connectivity index (χ1v) is 10.0. The van der Waals surface area contributed by atoms with E-state index in [4.69, 9.17) is 0 Å². The normalized spacial score (nSPS) is 12.2. The minimum absolute atomic E-state index is 0.0455. The lowest BCUT2D eigenvalue weighted by Gasteiger charge is -2.31. The summed E-state index contributed by atoms with van der Waals surface area (Å²) in [5.74, 6) is -0.0923. The van der Waals surface area contributed by atoms with E-state index in [1.807, 2.05) is 18.2 Å². The van der Waals surface area contributed by atoms with E-state index in [-0.39, 0.29) is 21.3 Å². The van der Waals surface area contributed by atoms with Gasteiger partial charge < -0.3 is 14.8 Å². The molecular weight excluding hydrogens is 350 g/mol. The monoisotopic (exact) mass is 373 g/mol. The molecule has 0 saturated carbocycles. The maximum absolute atomic E-state index is 10.5. The third-order valence-electron chi connectivity index (χ3n) is 4.27. The highest BCUT2D eigenvalue weighted by molar-refractivity contribution is 8.24. The number of hydrogen-bond donors (Lipinski definition) is 4. The van der Waals surface area contributed by atoms with Crippen LogP contribution in [0.5, 0.6) is 11.5 Å². The second-order valence-electron chi connectivity index (χ2n) is 6.23. The lowest BCUT2D eigenvalue weighted by molar-refractivity contribution is 0.445. The van der Waals surface area contributed by atoms with Gasteiger partial charge in [-0.25, -0.2) is 0 Å². The van der Waals surface area contributed by atoms with E-state index < -0.39 is 10.6 Å². The zero-order chi connectivity index (χ0) is 18.6. The molecule has 4 N–H and O–H groups in total. The van der Waals surface area contributed by atoms with Crippen LogP contribution in [0.2, 0.25) is 0 Å². The zero-order valence-corrected chi connectivity index (χ0v) is 15.1. The molecule has 0 atom stereocenters. The molecule has 0 aliphatic rings. The van der Waals surface area contributed by atoms with Crippen molar-refractivity contribution in [1.82, 2.24) is 4.57 Å². The van der Waals surface area contributed by atoms with E-state index in [1.165, 1.54) is 36.0 Å². The van der Waals surface area contributed by atoms with Crippen LogP contribution >= 0.6 is 10.6 Å². The Morgan fingerprint density at radius 1 is 0.808 bits per heavy atom. The van der Waals surface area contributed by atoms with Gasteiger partial charge in [-0.3, -0.25) is 9.11 Å². The second kappa shape index (κ2) is 7.86. The van der Waals surface area contributed by atoms with Crippen LogP contribution in [0.4, 0.5) is 0 Å². The van der Waals surface area contributed by atoms with Crippen LogP contribution in [0, 0.1) is 0 Å². The Labute approximate surface area is 154 Å². The van der Waals surface area contributed by atoms with Crippen LogP contribution in [0.25, 0.3) is 0 Å². The number of phenolic OH excluding ortho intramolecular Hbond substituents is 1. The van der Waals surface area contributed by atoms with Gasteiger partial charge in [0.15, 0.2) is 5.75 Å². The molecule has 3 aromatic rings. The lowest BCUT2D eigenvalue weighted by Crippen LogP contribution is -1.99. The first kappa shape index (κ1) is 18.4. The molecule has 138 valence electrons. The van der Waals surface area contributed by atoms with Crippen molar-refractivity contribution in [1.29, 1.82) is 0 Å². The van der Waals surface area contributed by atoms with Gasteiger partial charge >= 0.3 is 0 Å². The van der Waals surface area contributed by atoms with Crippen molar-refractivity contribution in [3.05, 3.63) is 72.6 Å². The summed E-state index contributed by atoms with van der Waals surface area (Å²) in [7, 11) is -3.32. The first-order chi connectivity index (χ1) is 12.5. The summed E-state index contributed by atoms with van der Waals surface area (Å²) in [6, 6.07) is 15.9. The Balaban J connectivity index is 1.64. The van der Waals surface area contributed by atoms with E-state index >= 15 is 0 Å². The molecule has 5 nitrogen and oxygen atoms in total. The van der Waals surface area contributed by atoms with Crippen molar-refractivity contribution in [2.24, 2.45) is 0 Å². The maximum Gasteiger partial charge on any atom is 0.156 e. The minimum Gasteiger partial charge on any atom is -0.508 e. The largest absolute Gasteiger partial charge is 0.508 e. The van der Waals surface area contributed by atoms with Crippen LogP contribution in [-0.4, -0.2) is 23.9 Å². The molecule has 26 heavy (non-hydrogen) atoms. The van der Waals surface area contributed by atoms with Crippen molar-refractivity contribution in [3.8, 4) is 11.5 Å². The number of aromatic nitrogens is 1. The molecule has 3 rings (SSSR count). The molecule has 0 amide bonds. The van der Waals surface area contributed by atoms with Gasteiger partial charge in [-0.1, -0.05) is 30.3 Å². The van der Waals surface area contributed by atoms with Gasteiger partial charge in [-0.15, -0.1) is 10.6 Å². The molecule has 1 aromatic heterocycles. The van der Waals surface area contributed by atoms with E-state index in [0.29, 0.717) is 6.54 Å². The number of phenols is 1. The summed E-state index contributed by atoms with van der Waals surface area (Å²) < 4.78 is 22.9. The third-order valence-corrected chi connectivity index (χ3v) is 6.13. The van der Waals surface area contributed by atoms with Gasteiger partial charge in [0.25, 0.3) is 0 Å². The molecule has 6 heteroatoms. The van der Waals surface area contributed by atoms with Gasteiger partial charge in [0.1, 0.15) is 10.6 Å². The molecule has 0 saturated heterocycles. The number of benzene rings is 2. The molecule has 0 radical (unpaired) electrons. The van der Waals surface area contributed by atoms with Gasteiger partial charge in [0, 0.05) is 18.9 Å². The first-order valence-electron chi connectivity index (χ1n) is 8.47. The fourth-order valence-electron chi connectivity index (χ4n) is 2.85. The van der Waals surface area contributed by atoms with E-state index in [0.717, 1.165) is 19.3 Å². The number of rotatable bonds is 7. The predicted molar refractivity (Wildman–Crippen MR) is 103 cm³/mol. The maximum atomic E-state index is 10.5. The number of aromatic hydroxyl groups is 2. The standard InChI is InChI=1S/C20H23NO4S/c22-17-9-11-18(12-10-17)26(24,25)20-15-21(14-19(20)23)13-5-4-8-16-6-2-1-3-7-16/h1-3,6-7,9-12,14-15,22-25H,4-5,8,13H2. The Bertz CT molecular complexity index is 844. The summed E-state index contributed by atoms with van der Waals surface area (Å²) in [6.07, 6.45) is 6.02. The summed E-state index contributed by atoms with van der Waals surface area (Å²) >= 11 is 0. The summed E-state index contributed by atoms with van der Waals surface area (Å²) in [4.78, 5) is 0.360. The molecule has 0 fully saturated rings. The fourth-order valence-corrected chi connectivity index (χ4v) is 4.25. The second-order valence-corrected chi connectivity index (χ2v) is 8.24. The Morgan fingerprint density at radius 3 is 2.19 bits per heavy atom. The average molecular weight is 373 g/mol. The summed E-state index contributed by atoms with van der Waals surface area (Å²) in [5, 5.41) is 19.5. The van der Waals surface area contributed by atoms with Gasteiger partial charge in [0.05, 0.1) is 4.90 Å². The lowest BCUT2D eigenvalue weighted by atomic mass is 10.1. The molecule has 0 bridgehead atoms. The van der Waals surface area contributed by atoms with E-state index in [9.17, 15) is 19.3 Å². The van der Waals surface area contributed by atoms with E-state index in [2.05, 4.69) is 12.1 Å². The average Bonchev–Trinajstić information content (AvgIpc) is 3.01. The number of aryl methyl sites for hydroxylation is 2. The van der Waals surface area contributed by atoms with Gasteiger partial charge in [-0.2, -0.15) is 0 Å². The zero-order valence-electron chi connectivity index (χ0n) is 14.3. The Hall–Kier alpha value is -2.41. The smallest absolute Gasteiger partial charge is 0.156 e. The quantitative estimate of drug-likeness (QED) is 0.435. The fraction of sp³-hybridized carbons (Fsp3) is 0.200. The third kappa shape index (κ3) is 4.22. The highest BCUT2D eigenvalue weighted by Gasteiger charge is 2.24. The molecular formula is C20H23NO4S. The van der Waals surface area contributed by atoms with Crippen molar-refractivity contribution < 1.29 is 19.3 Å². The van der Waals surface area contributed by atoms with Crippen LogP contribution in [0.15, 0.2) is 76.8 Å². The van der Waals surface area contributed by atoms with Crippen LogP contribution in [0.3, 0.4) is 0 Å². The Morgan fingerprint density at radius 2 is 1.50 bits per heavy atom. The molecule has 0 spiro atoms.